The van der Waals surface area contributed by atoms with Gasteiger partial charge in [-0.2, -0.15) is 0 Å². The van der Waals surface area contributed by atoms with Crippen LogP contribution in [0.1, 0.15) is 15.4 Å². The zero-order valence-corrected chi connectivity index (χ0v) is 16.5. The van der Waals surface area contributed by atoms with E-state index in [-0.39, 0.29) is 5.91 Å². The summed E-state index contributed by atoms with van der Waals surface area (Å²) in [6.45, 7) is 0.443. The van der Waals surface area contributed by atoms with Crippen molar-refractivity contribution in [1.82, 2.24) is 9.88 Å². The second kappa shape index (κ2) is 7.41. The topological polar surface area (TPSA) is 51.7 Å². The van der Waals surface area contributed by atoms with Gasteiger partial charge in [0.2, 0.25) is 0 Å². The van der Waals surface area contributed by atoms with Crippen LogP contribution in [0.15, 0.2) is 40.9 Å². The van der Waals surface area contributed by atoms with Crippen molar-refractivity contribution in [2.45, 2.75) is 6.54 Å². The number of para-hydroxylation sites is 1. The second-order valence-corrected chi connectivity index (χ2v) is 7.34. The van der Waals surface area contributed by atoms with Gasteiger partial charge in [0.05, 0.1) is 31.0 Å². The molecule has 0 fully saturated rings. The Kier molecular flexibility index (Phi) is 5.24. The first-order valence-electron chi connectivity index (χ1n) is 7.55. The van der Waals surface area contributed by atoms with E-state index in [1.807, 2.05) is 24.3 Å². The van der Waals surface area contributed by atoms with Crippen LogP contribution in [-0.4, -0.2) is 37.1 Å². The number of thiazole rings is 1. The minimum Gasteiger partial charge on any atom is -0.495 e. The smallest absolute Gasteiger partial charge is 0.254 e. The molecule has 2 aromatic carbocycles. The molecule has 0 N–H and O–H groups in total. The van der Waals surface area contributed by atoms with E-state index in [4.69, 9.17) is 9.47 Å². The molecule has 0 saturated heterocycles. The summed E-state index contributed by atoms with van der Waals surface area (Å²) in [5.74, 6) is 0.982. The number of nitrogens with zero attached hydrogens (tertiary/aromatic N) is 2. The quantitative estimate of drug-likeness (QED) is 0.615. The molecule has 5 nitrogen and oxygen atoms in total. The molecule has 0 radical (unpaired) electrons. The summed E-state index contributed by atoms with van der Waals surface area (Å²) in [4.78, 5) is 19.0. The van der Waals surface area contributed by atoms with Gasteiger partial charge in [0.15, 0.2) is 0 Å². The highest BCUT2D eigenvalue weighted by atomic mass is 79.9. The molecular weight excluding hydrogens is 404 g/mol. The number of methoxy groups -OCH3 is 2. The standard InChI is InChI=1S/C18H17BrN2O3S/c1-21(10-16-20-12-6-4-5-7-15(12)25-16)18(22)11-8-13(23-2)17(19)14(9-11)24-3/h4-9H,10H2,1-3H3. The molecule has 0 aliphatic carbocycles. The second-order valence-electron chi connectivity index (χ2n) is 5.43. The number of carbonyl (C=O) groups is 1. The van der Waals surface area contributed by atoms with Crippen LogP contribution in [0, 0.1) is 0 Å². The van der Waals surface area contributed by atoms with E-state index < -0.39 is 0 Å². The van der Waals surface area contributed by atoms with Gasteiger partial charge in [0, 0.05) is 12.6 Å². The van der Waals surface area contributed by atoms with Gasteiger partial charge < -0.3 is 14.4 Å². The van der Waals surface area contributed by atoms with Crippen LogP contribution in [0.2, 0.25) is 0 Å². The Morgan fingerprint density at radius 1 is 1.20 bits per heavy atom. The number of carbonyl (C=O) groups excluding carboxylic acids is 1. The molecule has 1 aromatic heterocycles. The maximum absolute atomic E-state index is 12.8. The molecule has 0 spiro atoms. The number of rotatable bonds is 5. The highest BCUT2D eigenvalue weighted by Gasteiger charge is 2.18. The van der Waals surface area contributed by atoms with E-state index in [9.17, 15) is 4.79 Å². The number of hydrogen-bond donors (Lipinski definition) is 0. The molecule has 130 valence electrons. The van der Waals surface area contributed by atoms with Crippen molar-refractivity contribution in [1.29, 1.82) is 0 Å². The fourth-order valence-corrected chi connectivity index (χ4v) is 4.05. The first kappa shape index (κ1) is 17.7. The maximum Gasteiger partial charge on any atom is 0.254 e. The van der Waals surface area contributed by atoms with Gasteiger partial charge in [-0.05, 0) is 40.2 Å². The van der Waals surface area contributed by atoms with Crippen molar-refractivity contribution in [2.24, 2.45) is 0 Å². The molecule has 0 atom stereocenters. The van der Waals surface area contributed by atoms with Crippen LogP contribution in [0.3, 0.4) is 0 Å². The van der Waals surface area contributed by atoms with E-state index in [2.05, 4.69) is 20.9 Å². The lowest BCUT2D eigenvalue weighted by Crippen LogP contribution is -2.26. The fraction of sp³-hybridized carbons (Fsp3) is 0.222. The van der Waals surface area contributed by atoms with Crippen molar-refractivity contribution in [3.05, 3.63) is 51.4 Å². The Balaban J connectivity index is 1.84. The average Bonchev–Trinajstić information content (AvgIpc) is 3.03. The lowest BCUT2D eigenvalue weighted by atomic mass is 10.1. The summed E-state index contributed by atoms with van der Waals surface area (Å²) in [5.41, 5.74) is 1.45. The van der Waals surface area contributed by atoms with E-state index in [0.717, 1.165) is 15.2 Å². The Morgan fingerprint density at radius 3 is 2.44 bits per heavy atom. The van der Waals surface area contributed by atoms with Crippen LogP contribution in [0.4, 0.5) is 0 Å². The number of hydrogen-bond acceptors (Lipinski definition) is 5. The predicted octanol–water partition coefficient (Wildman–Crippen LogP) is 4.35. The Morgan fingerprint density at radius 2 is 1.84 bits per heavy atom. The monoisotopic (exact) mass is 420 g/mol. The first-order chi connectivity index (χ1) is 12.0. The zero-order valence-electron chi connectivity index (χ0n) is 14.1. The highest BCUT2D eigenvalue weighted by Crippen LogP contribution is 2.36. The fourth-order valence-electron chi connectivity index (χ4n) is 2.48. The normalized spacial score (nSPS) is 10.7. The highest BCUT2D eigenvalue weighted by molar-refractivity contribution is 9.10. The minimum atomic E-state index is -0.122. The summed E-state index contributed by atoms with van der Waals surface area (Å²) in [6.07, 6.45) is 0. The van der Waals surface area contributed by atoms with Crippen LogP contribution < -0.4 is 9.47 Å². The molecule has 0 saturated carbocycles. The van der Waals surface area contributed by atoms with Crippen molar-refractivity contribution in [3.8, 4) is 11.5 Å². The van der Waals surface area contributed by atoms with E-state index in [0.29, 0.717) is 28.1 Å². The average molecular weight is 421 g/mol. The van der Waals surface area contributed by atoms with Gasteiger partial charge in [0.25, 0.3) is 5.91 Å². The summed E-state index contributed by atoms with van der Waals surface area (Å²) in [7, 11) is 4.87. The molecule has 0 bridgehead atoms. The molecule has 0 aliphatic heterocycles. The summed E-state index contributed by atoms with van der Waals surface area (Å²) < 4.78 is 12.4. The van der Waals surface area contributed by atoms with Gasteiger partial charge in [-0.1, -0.05) is 12.1 Å². The van der Waals surface area contributed by atoms with Gasteiger partial charge in [-0.15, -0.1) is 11.3 Å². The molecule has 7 heteroatoms. The third kappa shape index (κ3) is 3.62. The van der Waals surface area contributed by atoms with Gasteiger partial charge >= 0.3 is 0 Å². The Labute approximate surface area is 158 Å². The lowest BCUT2D eigenvalue weighted by Gasteiger charge is -2.17. The summed E-state index contributed by atoms with van der Waals surface area (Å²) >= 11 is 5.01. The molecule has 3 rings (SSSR count). The Hall–Kier alpha value is -2.12. The Bertz CT molecular complexity index is 868. The van der Waals surface area contributed by atoms with E-state index in [1.54, 1.807) is 49.6 Å². The lowest BCUT2D eigenvalue weighted by molar-refractivity contribution is 0.0784. The number of amides is 1. The van der Waals surface area contributed by atoms with Crippen molar-refractivity contribution in [3.63, 3.8) is 0 Å². The largest absolute Gasteiger partial charge is 0.495 e. The minimum absolute atomic E-state index is 0.122. The summed E-state index contributed by atoms with van der Waals surface area (Å²) in [6, 6.07) is 11.3. The SMILES string of the molecule is COc1cc(C(=O)N(C)Cc2nc3ccccc3s2)cc(OC)c1Br. The van der Waals surface area contributed by atoms with E-state index in [1.165, 1.54) is 0 Å². The van der Waals surface area contributed by atoms with Crippen molar-refractivity contribution >= 4 is 43.4 Å². The molecule has 3 aromatic rings. The summed E-state index contributed by atoms with van der Waals surface area (Å²) in [5, 5.41) is 0.896. The van der Waals surface area contributed by atoms with E-state index >= 15 is 0 Å². The molecule has 0 aliphatic rings. The van der Waals surface area contributed by atoms with Gasteiger partial charge in [-0.25, -0.2) is 4.98 Å². The third-order valence-corrected chi connectivity index (χ3v) is 5.55. The van der Waals surface area contributed by atoms with Gasteiger partial charge in [-0.3, -0.25) is 4.79 Å². The molecule has 25 heavy (non-hydrogen) atoms. The number of benzene rings is 2. The number of ether oxygens (including phenoxy) is 2. The predicted molar refractivity (Wildman–Crippen MR) is 103 cm³/mol. The van der Waals surface area contributed by atoms with Crippen molar-refractivity contribution < 1.29 is 14.3 Å². The van der Waals surface area contributed by atoms with Crippen LogP contribution >= 0.6 is 27.3 Å². The van der Waals surface area contributed by atoms with Gasteiger partial charge in [0.1, 0.15) is 21.0 Å². The maximum atomic E-state index is 12.8. The molecule has 1 heterocycles. The molecule has 0 unspecified atom stereocenters. The number of halogens is 1. The first-order valence-corrected chi connectivity index (χ1v) is 9.16. The number of aromatic nitrogens is 1. The third-order valence-electron chi connectivity index (χ3n) is 3.75. The van der Waals surface area contributed by atoms with Crippen LogP contribution in [0.25, 0.3) is 10.2 Å². The number of fused-ring (bicyclic) bond motifs is 1. The van der Waals surface area contributed by atoms with Crippen LogP contribution in [-0.2, 0) is 6.54 Å². The molecular formula is C18H17BrN2O3S. The van der Waals surface area contributed by atoms with Crippen molar-refractivity contribution in [2.75, 3.05) is 21.3 Å². The zero-order chi connectivity index (χ0) is 18.0. The molecule has 1 amide bonds. The van der Waals surface area contributed by atoms with Crippen LogP contribution in [0.5, 0.6) is 11.5 Å².